The number of halogens is 1. The Hall–Kier alpha value is -1.41. The minimum Gasteiger partial charge on any atom is -0.479 e. The summed E-state index contributed by atoms with van der Waals surface area (Å²) in [5.41, 5.74) is 0.366. The maximum atomic E-state index is 11.8. The third kappa shape index (κ3) is 6.15. The molecule has 122 valence electrons. The van der Waals surface area contributed by atoms with Crippen LogP contribution in [-0.2, 0) is 19.4 Å². The van der Waals surface area contributed by atoms with Crippen molar-refractivity contribution in [3.8, 4) is 0 Å². The third-order valence-electron chi connectivity index (χ3n) is 2.69. The van der Waals surface area contributed by atoms with Crippen molar-refractivity contribution in [3.05, 3.63) is 34.3 Å². The first kappa shape index (κ1) is 18.6. The molecule has 8 heteroatoms. The first-order chi connectivity index (χ1) is 10.1. The number of hydrogen-bond donors (Lipinski definition) is 2. The molecule has 0 fully saturated rings. The molecule has 1 atom stereocenters. The van der Waals surface area contributed by atoms with Crippen LogP contribution in [0.3, 0.4) is 0 Å². The zero-order chi connectivity index (χ0) is 16.9. The minimum absolute atomic E-state index is 0.0976. The summed E-state index contributed by atoms with van der Waals surface area (Å²) in [6, 6.07) is 5.10. The van der Waals surface area contributed by atoms with Crippen molar-refractivity contribution >= 4 is 37.6 Å². The van der Waals surface area contributed by atoms with Crippen LogP contribution < -0.4 is 5.32 Å². The zero-order valence-corrected chi connectivity index (χ0v) is 14.6. The molecule has 0 saturated carbocycles. The van der Waals surface area contributed by atoms with Crippen LogP contribution >= 0.6 is 15.9 Å². The van der Waals surface area contributed by atoms with Crippen LogP contribution in [0, 0.1) is 5.92 Å². The summed E-state index contributed by atoms with van der Waals surface area (Å²) in [5.74, 6) is -3.01. The van der Waals surface area contributed by atoms with Crippen LogP contribution in [0.2, 0.25) is 0 Å². The van der Waals surface area contributed by atoms with Crippen LogP contribution in [-0.4, -0.2) is 36.9 Å². The molecule has 0 aliphatic heterocycles. The molecule has 0 radical (unpaired) electrons. The second-order valence-electron chi connectivity index (χ2n) is 5.34. The van der Waals surface area contributed by atoms with E-state index in [2.05, 4.69) is 21.2 Å². The van der Waals surface area contributed by atoms with E-state index in [1.54, 1.807) is 38.1 Å². The largest absolute Gasteiger partial charge is 0.479 e. The molecule has 1 aromatic carbocycles. The van der Waals surface area contributed by atoms with E-state index in [0.29, 0.717) is 5.56 Å². The smallest absolute Gasteiger partial charge is 0.330 e. The van der Waals surface area contributed by atoms with Crippen LogP contribution in [0.5, 0.6) is 0 Å². The number of carboxylic acids is 1. The Morgan fingerprint density at radius 2 is 1.77 bits per heavy atom. The van der Waals surface area contributed by atoms with Gasteiger partial charge in [-0.1, -0.05) is 41.9 Å². The topological polar surface area (TPSA) is 101 Å². The highest BCUT2D eigenvalue weighted by atomic mass is 79.9. The minimum atomic E-state index is -3.55. The lowest BCUT2D eigenvalue weighted by molar-refractivity contribution is -0.141. The van der Waals surface area contributed by atoms with E-state index in [9.17, 15) is 23.1 Å². The average Bonchev–Trinajstić information content (AvgIpc) is 2.34. The molecule has 6 nitrogen and oxygen atoms in total. The van der Waals surface area contributed by atoms with Gasteiger partial charge in [0.1, 0.15) is 5.75 Å². The molecule has 1 rings (SSSR count). The zero-order valence-electron chi connectivity index (χ0n) is 12.2. The van der Waals surface area contributed by atoms with Crippen LogP contribution in [0.25, 0.3) is 0 Å². The van der Waals surface area contributed by atoms with Gasteiger partial charge in [-0.25, -0.2) is 13.2 Å². The summed E-state index contributed by atoms with van der Waals surface area (Å²) < 4.78 is 24.3. The monoisotopic (exact) mass is 391 g/mol. The number of carboxylic acid groups (broad SMARTS) is 1. The molecule has 0 saturated heterocycles. The molecule has 0 spiro atoms. The number of rotatable bonds is 7. The van der Waals surface area contributed by atoms with E-state index >= 15 is 0 Å². The van der Waals surface area contributed by atoms with Crippen molar-refractivity contribution in [2.75, 3.05) is 11.5 Å². The Labute approximate surface area is 138 Å². The number of sulfone groups is 1. The molecule has 22 heavy (non-hydrogen) atoms. The van der Waals surface area contributed by atoms with Crippen LogP contribution in [0.1, 0.15) is 25.5 Å². The Morgan fingerprint density at radius 1 is 1.23 bits per heavy atom. The molecule has 0 aromatic heterocycles. The van der Waals surface area contributed by atoms with Gasteiger partial charge < -0.3 is 10.4 Å². The number of aliphatic carboxylic acids is 1. The van der Waals surface area contributed by atoms with Crippen molar-refractivity contribution < 1.29 is 23.1 Å². The molecule has 1 amide bonds. The van der Waals surface area contributed by atoms with E-state index in [4.69, 9.17) is 0 Å². The van der Waals surface area contributed by atoms with Gasteiger partial charge in [0.2, 0.25) is 5.91 Å². The van der Waals surface area contributed by atoms with Gasteiger partial charge >= 0.3 is 5.97 Å². The molecule has 0 aliphatic carbocycles. The van der Waals surface area contributed by atoms with E-state index in [1.807, 2.05) is 0 Å². The molecular formula is C14H18BrNO5S. The highest BCUT2D eigenvalue weighted by molar-refractivity contribution is 9.10. The van der Waals surface area contributed by atoms with Gasteiger partial charge in [0.15, 0.2) is 15.9 Å². The summed E-state index contributed by atoms with van der Waals surface area (Å²) in [4.78, 5) is 23.1. The van der Waals surface area contributed by atoms with Crippen molar-refractivity contribution in [2.24, 2.45) is 5.92 Å². The second-order valence-corrected chi connectivity index (χ2v) is 8.36. The third-order valence-corrected chi connectivity index (χ3v) is 5.10. The number of carbonyl (C=O) groups excluding carboxylic acids is 1. The highest BCUT2D eigenvalue weighted by Crippen LogP contribution is 2.17. The highest BCUT2D eigenvalue weighted by Gasteiger charge is 2.25. The Kier molecular flexibility index (Phi) is 6.55. The number of amides is 1. The van der Waals surface area contributed by atoms with Gasteiger partial charge in [-0.15, -0.1) is 0 Å². The van der Waals surface area contributed by atoms with Gasteiger partial charge in [0, 0.05) is 4.47 Å². The lowest BCUT2D eigenvalue weighted by Crippen LogP contribution is -2.38. The van der Waals surface area contributed by atoms with Crippen LogP contribution in [0.15, 0.2) is 28.7 Å². The molecule has 2 N–H and O–H groups in total. The normalized spacial score (nSPS) is 12.9. The first-order valence-corrected chi connectivity index (χ1v) is 9.20. The van der Waals surface area contributed by atoms with Crippen molar-refractivity contribution in [1.29, 1.82) is 0 Å². The van der Waals surface area contributed by atoms with Crippen molar-refractivity contribution in [1.82, 2.24) is 5.32 Å². The predicted octanol–water partition coefficient (Wildman–Crippen LogP) is 1.76. The Morgan fingerprint density at radius 3 is 2.23 bits per heavy atom. The Bertz CT molecular complexity index is 640. The summed E-state index contributed by atoms with van der Waals surface area (Å²) in [6.45, 7) is 3.47. The van der Waals surface area contributed by atoms with Crippen molar-refractivity contribution in [2.45, 2.75) is 19.9 Å². The van der Waals surface area contributed by atoms with Gasteiger partial charge in [0.25, 0.3) is 0 Å². The lowest BCUT2D eigenvalue weighted by Gasteiger charge is -2.15. The van der Waals surface area contributed by atoms with E-state index in [-0.39, 0.29) is 11.7 Å². The van der Waals surface area contributed by atoms with E-state index in [1.165, 1.54) is 0 Å². The number of hydrogen-bond acceptors (Lipinski definition) is 4. The van der Waals surface area contributed by atoms with Crippen LogP contribution in [0.4, 0.5) is 0 Å². The molecule has 0 aliphatic rings. The number of nitrogens with one attached hydrogen (secondary N) is 1. The number of benzene rings is 1. The maximum absolute atomic E-state index is 11.8. The summed E-state index contributed by atoms with van der Waals surface area (Å²) >= 11 is 3.23. The Balaban J connectivity index is 2.82. The first-order valence-electron chi connectivity index (χ1n) is 6.59. The van der Waals surface area contributed by atoms with E-state index < -0.39 is 33.5 Å². The fourth-order valence-electron chi connectivity index (χ4n) is 1.91. The summed E-state index contributed by atoms with van der Waals surface area (Å²) in [6.07, 6.45) is 0. The molecule has 0 bridgehead atoms. The van der Waals surface area contributed by atoms with Crippen molar-refractivity contribution in [3.63, 3.8) is 0 Å². The predicted molar refractivity (Wildman–Crippen MR) is 86.2 cm³/mol. The van der Waals surface area contributed by atoms with Gasteiger partial charge in [-0.2, -0.15) is 0 Å². The maximum Gasteiger partial charge on any atom is 0.330 e. The quantitative estimate of drug-likeness (QED) is 0.737. The average molecular weight is 392 g/mol. The summed E-state index contributed by atoms with van der Waals surface area (Å²) in [5, 5.41) is 11.5. The molecule has 1 unspecified atom stereocenters. The van der Waals surface area contributed by atoms with Gasteiger partial charge in [-0.05, 0) is 23.6 Å². The fourth-order valence-corrected chi connectivity index (χ4v) is 3.79. The SMILES string of the molecule is CC(C)CS(=O)(=O)CC(=O)NC(C(=O)O)c1ccc(Br)cc1. The molecule has 1 aromatic rings. The molecular weight excluding hydrogens is 374 g/mol. The van der Waals surface area contributed by atoms with E-state index in [0.717, 1.165) is 4.47 Å². The fraction of sp³-hybridized carbons (Fsp3) is 0.429. The summed E-state index contributed by atoms with van der Waals surface area (Å²) in [7, 11) is -3.55. The van der Waals surface area contributed by atoms with Gasteiger partial charge in [0.05, 0.1) is 5.75 Å². The standard InChI is InChI=1S/C14H18BrNO5S/c1-9(2)7-22(20,21)8-12(17)16-13(14(18)19)10-3-5-11(15)6-4-10/h3-6,9,13H,7-8H2,1-2H3,(H,16,17)(H,18,19). The number of carbonyl (C=O) groups is 2. The molecule has 0 heterocycles. The lowest BCUT2D eigenvalue weighted by atomic mass is 10.1. The second kappa shape index (κ2) is 7.73. The van der Waals surface area contributed by atoms with Gasteiger partial charge in [-0.3, -0.25) is 4.79 Å².